The van der Waals surface area contributed by atoms with Gasteiger partial charge in [-0.1, -0.05) is 13.0 Å². The van der Waals surface area contributed by atoms with Crippen LogP contribution < -0.4 is 0 Å². The molecule has 0 atom stereocenters. The Hall–Kier alpha value is -1.65. The summed E-state index contributed by atoms with van der Waals surface area (Å²) in [7, 11) is 0. The summed E-state index contributed by atoms with van der Waals surface area (Å²) < 4.78 is 0. The molecular formula is C11H18N4O. The zero-order valence-corrected chi connectivity index (χ0v) is 10.0. The lowest BCUT2D eigenvalue weighted by atomic mass is 10.3. The molecule has 1 aromatic heterocycles. The van der Waals surface area contributed by atoms with Crippen LogP contribution in [-0.2, 0) is 6.42 Å². The van der Waals surface area contributed by atoms with Gasteiger partial charge in [-0.25, -0.2) is 4.98 Å². The van der Waals surface area contributed by atoms with Crippen LogP contribution in [0.15, 0.2) is 12.7 Å². The van der Waals surface area contributed by atoms with Gasteiger partial charge in [0.05, 0.1) is 0 Å². The first kappa shape index (κ1) is 12.4. The van der Waals surface area contributed by atoms with Crippen molar-refractivity contribution in [3.8, 4) is 0 Å². The standard InChI is InChI=1S/C11H18N4O/c1-5-7-15(8(3)4)11(16)10-12-9(6-2)13-14-10/h5,8H,1,6-7H2,2-4H3,(H,12,13,14). The molecule has 1 aromatic rings. The van der Waals surface area contributed by atoms with Crippen molar-refractivity contribution >= 4 is 5.91 Å². The molecule has 1 amide bonds. The number of rotatable bonds is 5. The van der Waals surface area contributed by atoms with Gasteiger partial charge in [0.2, 0.25) is 5.82 Å². The fourth-order valence-electron chi connectivity index (χ4n) is 1.34. The molecule has 5 heteroatoms. The predicted octanol–water partition coefficient (Wildman–Crippen LogP) is 1.40. The molecule has 16 heavy (non-hydrogen) atoms. The van der Waals surface area contributed by atoms with Crippen molar-refractivity contribution in [1.82, 2.24) is 20.1 Å². The van der Waals surface area contributed by atoms with Crippen LogP contribution in [0.3, 0.4) is 0 Å². The first-order valence-corrected chi connectivity index (χ1v) is 5.43. The summed E-state index contributed by atoms with van der Waals surface area (Å²) in [6.45, 7) is 10.0. The molecule has 0 bridgehead atoms. The van der Waals surface area contributed by atoms with Gasteiger partial charge in [0.25, 0.3) is 5.91 Å². The van der Waals surface area contributed by atoms with Crippen LogP contribution in [0.4, 0.5) is 0 Å². The molecule has 0 aliphatic heterocycles. The van der Waals surface area contributed by atoms with Crippen molar-refractivity contribution in [2.45, 2.75) is 33.2 Å². The predicted molar refractivity (Wildman–Crippen MR) is 62.1 cm³/mol. The van der Waals surface area contributed by atoms with Crippen molar-refractivity contribution in [2.75, 3.05) is 6.54 Å². The van der Waals surface area contributed by atoms with E-state index in [0.717, 1.165) is 12.2 Å². The quantitative estimate of drug-likeness (QED) is 0.766. The van der Waals surface area contributed by atoms with Gasteiger partial charge in [-0.15, -0.1) is 11.7 Å². The Morgan fingerprint density at radius 2 is 2.31 bits per heavy atom. The van der Waals surface area contributed by atoms with Crippen LogP contribution in [0.2, 0.25) is 0 Å². The number of H-pyrrole nitrogens is 1. The summed E-state index contributed by atoms with van der Waals surface area (Å²) >= 11 is 0. The van der Waals surface area contributed by atoms with E-state index in [1.807, 2.05) is 20.8 Å². The maximum Gasteiger partial charge on any atom is 0.294 e. The topological polar surface area (TPSA) is 61.9 Å². The van der Waals surface area contributed by atoms with Crippen LogP contribution in [0, 0.1) is 0 Å². The molecule has 88 valence electrons. The van der Waals surface area contributed by atoms with Gasteiger partial charge >= 0.3 is 0 Å². The fraction of sp³-hybridized carbons (Fsp3) is 0.545. The number of aromatic nitrogens is 3. The molecule has 0 aromatic carbocycles. The number of aryl methyl sites for hydroxylation is 1. The van der Waals surface area contributed by atoms with E-state index in [2.05, 4.69) is 21.8 Å². The van der Waals surface area contributed by atoms with Crippen LogP contribution in [0.5, 0.6) is 0 Å². The summed E-state index contributed by atoms with van der Waals surface area (Å²) in [5.74, 6) is 0.795. The zero-order valence-electron chi connectivity index (χ0n) is 10.0. The lowest BCUT2D eigenvalue weighted by Crippen LogP contribution is -2.37. The average molecular weight is 222 g/mol. The molecule has 1 rings (SSSR count). The zero-order chi connectivity index (χ0) is 12.1. The van der Waals surface area contributed by atoms with E-state index in [-0.39, 0.29) is 17.8 Å². The lowest BCUT2D eigenvalue weighted by molar-refractivity contribution is 0.0716. The second-order valence-electron chi connectivity index (χ2n) is 3.80. The van der Waals surface area contributed by atoms with Gasteiger partial charge in [-0.05, 0) is 13.8 Å². The Morgan fingerprint density at radius 1 is 1.62 bits per heavy atom. The van der Waals surface area contributed by atoms with E-state index >= 15 is 0 Å². The van der Waals surface area contributed by atoms with E-state index in [4.69, 9.17) is 0 Å². The van der Waals surface area contributed by atoms with Crippen LogP contribution in [0.1, 0.15) is 37.2 Å². The maximum absolute atomic E-state index is 12.0. The molecule has 0 aliphatic rings. The Kier molecular flexibility index (Phi) is 4.22. The second kappa shape index (κ2) is 5.44. The minimum Gasteiger partial charge on any atom is -0.330 e. The monoisotopic (exact) mass is 222 g/mol. The summed E-state index contributed by atoms with van der Waals surface area (Å²) in [6, 6.07) is 0.106. The normalized spacial score (nSPS) is 10.5. The summed E-state index contributed by atoms with van der Waals surface area (Å²) in [4.78, 5) is 17.8. The number of aromatic amines is 1. The molecule has 1 heterocycles. The third-order valence-corrected chi connectivity index (χ3v) is 2.27. The number of amides is 1. The van der Waals surface area contributed by atoms with Crippen molar-refractivity contribution in [3.05, 3.63) is 24.3 Å². The number of nitrogens with one attached hydrogen (secondary N) is 1. The Balaban J connectivity index is 2.85. The third-order valence-electron chi connectivity index (χ3n) is 2.27. The highest BCUT2D eigenvalue weighted by atomic mass is 16.2. The van der Waals surface area contributed by atoms with Crippen molar-refractivity contribution < 1.29 is 4.79 Å². The van der Waals surface area contributed by atoms with Gasteiger partial charge < -0.3 is 4.90 Å². The van der Waals surface area contributed by atoms with Crippen molar-refractivity contribution in [2.24, 2.45) is 0 Å². The molecule has 0 radical (unpaired) electrons. The van der Waals surface area contributed by atoms with Crippen molar-refractivity contribution in [1.29, 1.82) is 0 Å². The molecule has 0 aliphatic carbocycles. The number of carbonyl (C=O) groups excluding carboxylic acids is 1. The Bertz CT molecular complexity index is 370. The molecule has 5 nitrogen and oxygen atoms in total. The molecular weight excluding hydrogens is 204 g/mol. The number of nitrogens with zero attached hydrogens (tertiary/aromatic N) is 3. The summed E-state index contributed by atoms with van der Waals surface area (Å²) in [5.41, 5.74) is 0. The van der Waals surface area contributed by atoms with E-state index < -0.39 is 0 Å². The molecule has 0 unspecified atom stereocenters. The van der Waals surface area contributed by atoms with Gasteiger partial charge in [-0.2, -0.15) is 0 Å². The van der Waals surface area contributed by atoms with Crippen LogP contribution in [-0.4, -0.2) is 38.6 Å². The molecule has 1 N–H and O–H groups in total. The number of hydrogen-bond donors (Lipinski definition) is 1. The van der Waals surface area contributed by atoms with Gasteiger partial charge in [0, 0.05) is 19.0 Å². The highest BCUT2D eigenvalue weighted by Gasteiger charge is 2.21. The minimum atomic E-state index is -0.161. The van der Waals surface area contributed by atoms with Crippen LogP contribution >= 0.6 is 0 Å². The Morgan fingerprint density at radius 3 is 2.75 bits per heavy atom. The minimum absolute atomic E-state index is 0.106. The molecule has 0 saturated heterocycles. The average Bonchev–Trinajstić information content (AvgIpc) is 2.73. The summed E-state index contributed by atoms with van der Waals surface area (Å²) in [5, 5.41) is 6.65. The first-order chi connectivity index (χ1) is 7.60. The fourth-order valence-corrected chi connectivity index (χ4v) is 1.34. The van der Waals surface area contributed by atoms with E-state index in [1.54, 1.807) is 11.0 Å². The smallest absolute Gasteiger partial charge is 0.294 e. The summed E-state index contributed by atoms with van der Waals surface area (Å²) in [6.07, 6.45) is 2.44. The van der Waals surface area contributed by atoms with Gasteiger partial charge in [-0.3, -0.25) is 9.89 Å². The molecule has 0 fully saturated rings. The number of carbonyl (C=O) groups is 1. The van der Waals surface area contributed by atoms with Crippen molar-refractivity contribution in [3.63, 3.8) is 0 Å². The Labute approximate surface area is 95.6 Å². The second-order valence-corrected chi connectivity index (χ2v) is 3.80. The van der Waals surface area contributed by atoms with E-state index in [0.29, 0.717) is 6.54 Å². The van der Waals surface area contributed by atoms with Gasteiger partial charge in [0.15, 0.2) is 0 Å². The lowest BCUT2D eigenvalue weighted by Gasteiger charge is -2.23. The van der Waals surface area contributed by atoms with E-state index in [1.165, 1.54) is 0 Å². The molecule has 0 saturated carbocycles. The SMILES string of the molecule is C=CCN(C(=O)c1n[nH]c(CC)n1)C(C)C. The highest BCUT2D eigenvalue weighted by molar-refractivity contribution is 5.90. The molecule has 0 spiro atoms. The highest BCUT2D eigenvalue weighted by Crippen LogP contribution is 2.05. The third kappa shape index (κ3) is 2.68. The number of hydrogen-bond acceptors (Lipinski definition) is 3. The largest absolute Gasteiger partial charge is 0.330 e. The van der Waals surface area contributed by atoms with E-state index in [9.17, 15) is 4.79 Å². The van der Waals surface area contributed by atoms with Gasteiger partial charge in [0.1, 0.15) is 5.82 Å². The van der Waals surface area contributed by atoms with Crippen LogP contribution in [0.25, 0.3) is 0 Å². The maximum atomic E-state index is 12.0. The first-order valence-electron chi connectivity index (χ1n) is 5.43.